The summed E-state index contributed by atoms with van der Waals surface area (Å²) in [5, 5.41) is 12.3. The van der Waals surface area contributed by atoms with Crippen molar-refractivity contribution in [3.05, 3.63) is 6.42 Å². The summed E-state index contributed by atoms with van der Waals surface area (Å²) in [6, 6.07) is -0.314. The van der Waals surface area contributed by atoms with Crippen molar-refractivity contribution in [2.45, 2.75) is 31.9 Å². The van der Waals surface area contributed by atoms with Crippen LogP contribution in [0.1, 0.15) is 19.8 Å². The van der Waals surface area contributed by atoms with Crippen molar-refractivity contribution >= 4 is 5.78 Å². The largest absolute Gasteiger partial charge is 0.391 e. The predicted octanol–water partition coefficient (Wildman–Crippen LogP) is -0.107. The highest BCUT2D eigenvalue weighted by Gasteiger charge is 2.29. The highest BCUT2D eigenvalue weighted by atomic mass is 16.3. The summed E-state index contributed by atoms with van der Waals surface area (Å²) in [5.74, 6) is 0.0949. The van der Waals surface area contributed by atoms with Crippen molar-refractivity contribution in [2.75, 3.05) is 6.54 Å². The molecule has 3 nitrogen and oxygen atoms in total. The number of rotatable bonds is 3. The summed E-state index contributed by atoms with van der Waals surface area (Å²) < 4.78 is 0. The first-order chi connectivity index (χ1) is 5.25. The fourth-order valence-electron chi connectivity index (χ4n) is 1.35. The van der Waals surface area contributed by atoms with Crippen LogP contribution in [-0.2, 0) is 4.79 Å². The predicted molar refractivity (Wildman–Crippen MR) is 42.0 cm³/mol. The molecule has 1 aliphatic rings. The third-order valence-corrected chi connectivity index (χ3v) is 1.94. The van der Waals surface area contributed by atoms with E-state index in [1.807, 2.05) is 13.3 Å². The van der Waals surface area contributed by atoms with Crippen LogP contribution in [0.15, 0.2) is 0 Å². The van der Waals surface area contributed by atoms with E-state index in [0.29, 0.717) is 12.8 Å². The van der Waals surface area contributed by atoms with Crippen molar-refractivity contribution in [3.8, 4) is 0 Å². The van der Waals surface area contributed by atoms with E-state index in [2.05, 4.69) is 5.32 Å². The van der Waals surface area contributed by atoms with Gasteiger partial charge in [0.05, 0.1) is 12.1 Å². The molecule has 11 heavy (non-hydrogen) atoms. The molecule has 0 aromatic carbocycles. The zero-order valence-electron chi connectivity index (χ0n) is 6.71. The molecule has 3 heteroatoms. The van der Waals surface area contributed by atoms with Crippen LogP contribution in [-0.4, -0.2) is 29.6 Å². The zero-order valence-corrected chi connectivity index (χ0v) is 6.71. The third-order valence-electron chi connectivity index (χ3n) is 1.94. The van der Waals surface area contributed by atoms with Gasteiger partial charge >= 0.3 is 0 Å². The number of carbonyl (C=O) groups excluding carboxylic acids is 1. The van der Waals surface area contributed by atoms with Crippen molar-refractivity contribution in [1.29, 1.82) is 0 Å². The topological polar surface area (TPSA) is 49.3 Å². The number of nitrogens with one attached hydrogen (secondary N) is 1. The Morgan fingerprint density at radius 3 is 3.00 bits per heavy atom. The fraction of sp³-hybridized carbons (Fsp3) is 0.750. The molecule has 1 fully saturated rings. The molecule has 2 atom stereocenters. The third kappa shape index (κ3) is 2.01. The van der Waals surface area contributed by atoms with Gasteiger partial charge in [-0.3, -0.25) is 4.79 Å². The van der Waals surface area contributed by atoms with Crippen molar-refractivity contribution in [1.82, 2.24) is 5.32 Å². The van der Waals surface area contributed by atoms with Gasteiger partial charge in [0.1, 0.15) is 0 Å². The number of hydrogen-bond acceptors (Lipinski definition) is 3. The summed E-state index contributed by atoms with van der Waals surface area (Å²) in [6.45, 7) is 2.60. The van der Waals surface area contributed by atoms with Crippen LogP contribution in [0.2, 0.25) is 0 Å². The van der Waals surface area contributed by atoms with E-state index in [-0.39, 0.29) is 11.8 Å². The van der Waals surface area contributed by atoms with Crippen molar-refractivity contribution < 1.29 is 9.90 Å². The van der Waals surface area contributed by atoms with Gasteiger partial charge in [0, 0.05) is 6.42 Å². The van der Waals surface area contributed by atoms with Gasteiger partial charge in [-0.15, -0.1) is 0 Å². The van der Waals surface area contributed by atoms with Crippen LogP contribution in [0.25, 0.3) is 0 Å². The molecule has 0 saturated carbocycles. The summed E-state index contributed by atoms with van der Waals surface area (Å²) in [6.07, 6.45) is 2.49. The van der Waals surface area contributed by atoms with Crippen LogP contribution in [0, 0.1) is 6.42 Å². The summed E-state index contributed by atoms with van der Waals surface area (Å²) in [7, 11) is 0. The van der Waals surface area contributed by atoms with Gasteiger partial charge in [-0.1, -0.05) is 6.92 Å². The molecule has 1 rings (SSSR count). The Morgan fingerprint density at radius 1 is 1.82 bits per heavy atom. The first-order valence-corrected chi connectivity index (χ1v) is 3.97. The van der Waals surface area contributed by atoms with Crippen LogP contribution >= 0.6 is 0 Å². The second-order valence-corrected chi connectivity index (χ2v) is 2.87. The van der Waals surface area contributed by atoms with E-state index in [1.54, 1.807) is 0 Å². The second-order valence-electron chi connectivity index (χ2n) is 2.87. The number of hydrogen-bond donors (Lipinski definition) is 2. The average Bonchev–Trinajstić information content (AvgIpc) is 2.36. The number of carbonyl (C=O) groups is 1. The Labute approximate surface area is 66.8 Å². The Hall–Kier alpha value is -0.410. The lowest BCUT2D eigenvalue weighted by molar-refractivity contribution is -0.122. The first kappa shape index (κ1) is 8.68. The normalized spacial score (nSPS) is 30.7. The number of aliphatic hydroxyl groups is 1. The average molecular weight is 156 g/mol. The van der Waals surface area contributed by atoms with Gasteiger partial charge in [0.25, 0.3) is 0 Å². The smallest absolute Gasteiger partial charge is 0.152 e. The molecule has 0 aromatic rings. The zero-order chi connectivity index (χ0) is 8.27. The standard InChI is InChI=1S/C8H14NO2/c1-2-3-6(10)8-7(11)4-5-9-8/h2,7-9,11H,3-5H2,1H3/t7?,8-/m1/s1. The van der Waals surface area contributed by atoms with Crippen molar-refractivity contribution in [2.24, 2.45) is 0 Å². The van der Waals surface area contributed by atoms with Crippen LogP contribution in [0.5, 0.6) is 0 Å². The molecular formula is C8H14NO2. The van der Waals surface area contributed by atoms with E-state index in [0.717, 1.165) is 6.54 Å². The van der Waals surface area contributed by atoms with Gasteiger partial charge in [-0.2, -0.15) is 0 Å². The fourth-order valence-corrected chi connectivity index (χ4v) is 1.35. The van der Waals surface area contributed by atoms with Gasteiger partial charge in [0.2, 0.25) is 0 Å². The number of Topliss-reactive ketones (excluding diaryl/α,β-unsaturated/α-hetero) is 1. The highest BCUT2D eigenvalue weighted by Crippen LogP contribution is 2.09. The summed E-state index contributed by atoms with van der Waals surface area (Å²) in [5.41, 5.74) is 0. The molecule has 0 aliphatic carbocycles. The molecule has 1 radical (unpaired) electrons. The molecule has 0 bridgehead atoms. The molecule has 1 saturated heterocycles. The minimum Gasteiger partial charge on any atom is -0.391 e. The minimum atomic E-state index is -0.470. The van der Waals surface area contributed by atoms with E-state index in [4.69, 9.17) is 0 Å². The quantitative estimate of drug-likeness (QED) is 0.599. The maximum absolute atomic E-state index is 11.2. The molecule has 63 valence electrons. The summed E-state index contributed by atoms with van der Waals surface area (Å²) >= 11 is 0. The number of aliphatic hydroxyl groups excluding tert-OH is 1. The molecule has 1 unspecified atom stereocenters. The van der Waals surface area contributed by atoms with Crippen LogP contribution in [0.4, 0.5) is 0 Å². The van der Waals surface area contributed by atoms with E-state index < -0.39 is 6.10 Å². The Kier molecular flexibility index (Phi) is 3.02. The lowest BCUT2D eigenvalue weighted by Crippen LogP contribution is -2.38. The van der Waals surface area contributed by atoms with Crippen LogP contribution < -0.4 is 5.32 Å². The molecule has 2 N–H and O–H groups in total. The Morgan fingerprint density at radius 2 is 2.55 bits per heavy atom. The van der Waals surface area contributed by atoms with Gasteiger partial charge in [0.15, 0.2) is 5.78 Å². The molecule has 1 heterocycles. The molecule has 0 spiro atoms. The Balaban J connectivity index is 2.39. The maximum atomic E-state index is 11.2. The minimum absolute atomic E-state index is 0.0949. The lowest BCUT2D eigenvalue weighted by Gasteiger charge is -2.11. The van der Waals surface area contributed by atoms with Crippen molar-refractivity contribution in [3.63, 3.8) is 0 Å². The highest BCUT2D eigenvalue weighted by molar-refractivity contribution is 5.85. The maximum Gasteiger partial charge on any atom is 0.152 e. The number of ketones is 1. The summed E-state index contributed by atoms with van der Waals surface area (Å²) in [4.78, 5) is 11.2. The van der Waals surface area contributed by atoms with Crippen LogP contribution in [0.3, 0.4) is 0 Å². The van der Waals surface area contributed by atoms with E-state index in [1.165, 1.54) is 0 Å². The molecule has 1 aliphatic heterocycles. The van der Waals surface area contributed by atoms with E-state index in [9.17, 15) is 9.90 Å². The molecule has 0 aromatic heterocycles. The first-order valence-electron chi connectivity index (χ1n) is 3.97. The van der Waals surface area contributed by atoms with E-state index >= 15 is 0 Å². The van der Waals surface area contributed by atoms with Gasteiger partial charge < -0.3 is 10.4 Å². The molecular weight excluding hydrogens is 142 g/mol. The lowest BCUT2D eigenvalue weighted by atomic mass is 10.0. The second kappa shape index (κ2) is 3.83. The SMILES string of the molecule is C[CH]CC(=O)[C@H]1NCCC1O. The molecule has 0 amide bonds. The Bertz CT molecular complexity index is 147. The van der Waals surface area contributed by atoms with Gasteiger partial charge in [-0.05, 0) is 19.4 Å². The monoisotopic (exact) mass is 156 g/mol. The van der Waals surface area contributed by atoms with Gasteiger partial charge in [-0.25, -0.2) is 0 Å².